The number of likely N-dealkylation sites (tertiary alicyclic amines) is 1. The number of aromatic nitrogens is 1. The van der Waals surface area contributed by atoms with Crippen LogP contribution in [0.5, 0.6) is 0 Å². The van der Waals surface area contributed by atoms with Crippen molar-refractivity contribution in [3.8, 4) is 0 Å². The largest absolute Gasteiger partial charge is 0.362 e. The van der Waals surface area contributed by atoms with E-state index in [0.717, 1.165) is 30.0 Å². The van der Waals surface area contributed by atoms with Gasteiger partial charge in [0.05, 0.1) is 6.54 Å². The summed E-state index contributed by atoms with van der Waals surface area (Å²) < 4.78 is 0. The van der Waals surface area contributed by atoms with Crippen molar-refractivity contribution in [2.45, 2.75) is 45.3 Å². The van der Waals surface area contributed by atoms with Crippen LogP contribution in [0.3, 0.4) is 0 Å². The molecule has 0 aromatic carbocycles. The van der Waals surface area contributed by atoms with Gasteiger partial charge in [-0.25, -0.2) is 0 Å². The highest BCUT2D eigenvalue weighted by atomic mass is 32.2. The zero-order chi connectivity index (χ0) is 14.5. The van der Waals surface area contributed by atoms with Crippen molar-refractivity contribution in [1.29, 1.82) is 0 Å². The van der Waals surface area contributed by atoms with Crippen molar-refractivity contribution in [2.75, 3.05) is 25.4 Å². The molecule has 1 aliphatic heterocycles. The van der Waals surface area contributed by atoms with Crippen LogP contribution in [-0.4, -0.2) is 46.3 Å². The highest BCUT2D eigenvalue weighted by Crippen LogP contribution is 2.22. The van der Waals surface area contributed by atoms with Crippen LogP contribution >= 0.6 is 11.8 Å². The van der Waals surface area contributed by atoms with E-state index >= 15 is 0 Å². The van der Waals surface area contributed by atoms with Gasteiger partial charge in [-0.2, -0.15) is 11.8 Å². The van der Waals surface area contributed by atoms with E-state index in [0.29, 0.717) is 11.8 Å². The third kappa shape index (κ3) is 4.13. The maximum absolute atomic E-state index is 12.5. The van der Waals surface area contributed by atoms with Gasteiger partial charge in [-0.05, 0) is 45.1 Å². The first-order chi connectivity index (χ1) is 9.60. The van der Waals surface area contributed by atoms with Gasteiger partial charge < -0.3 is 4.98 Å². The Hall–Kier alpha value is -0.740. The number of carbonyl (C=O) groups is 1. The fourth-order valence-corrected chi connectivity index (χ4v) is 4.12. The molecular formula is C16H26N2OS. The maximum atomic E-state index is 12.5. The number of hydrogen-bond donors (Lipinski definition) is 1. The zero-order valence-corrected chi connectivity index (χ0v) is 13.7. The summed E-state index contributed by atoms with van der Waals surface area (Å²) in [5.41, 5.74) is 2.94. The van der Waals surface area contributed by atoms with Crippen LogP contribution in [0, 0.1) is 13.8 Å². The Kier molecular flexibility index (Phi) is 5.73. The van der Waals surface area contributed by atoms with E-state index in [4.69, 9.17) is 0 Å². The third-order valence-corrected chi connectivity index (χ3v) is 5.12. The molecule has 1 aromatic rings. The average molecular weight is 294 g/mol. The number of H-pyrrole nitrogens is 1. The molecule has 3 nitrogen and oxygen atoms in total. The number of ketones is 1. The molecule has 20 heavy (non-hydrogen) atoms. The minimum atomic E-state index is 0.258. The third-order valence-electron chi connectivity index (χ3n) is 3.93. The molecule has 1 aliphatic rings. The van der Waals surface area contributed by atoms with Crippen LogP contribution in [0.4, 0.5) is 0 Å². The molecule has 2 rings (SSSR count). The molecule has 0 amide bonds. The SMILES string of the molecule is CCSC1CCCCN(CC(=O)c2cc(C)[nH]c2C)C1. The van der Waals surface area contributed by atoms with E-state index in [9.17, 15) is 4.79 Å². The van der Waals surface area contributed by atoms with E-state index in [2.05, 4.69) is 16.8 Å². The number of aromatic amines is 1. The number of Topliss-reactive ketones (excluding diaryl/α,β-unsaturated/α-hetero) is 1. The fraction of sp³-hybridized carbons (Fsp3) is 0.688. The Morgan fingerprint density at radius 1 is 1.45 bits per heavy atom. The number of nitrogens with one attached hydrogen (secondary N) is 1. The summed E-state index contributed by atoms with van der Waals surface area (Å²) in [5, 5.41) is 0.698. The second kappa shape index (κ2) is 7.32. The molecule has 1 fully saturated rings. The minimum absolute atomic E-state index is 0.258. The first-order valence-corrected chi connectivity index (χ1v) is 8.68. The second-order valence-electron chi connectivity index (χ2n) is 5.72. The van der Waals surface area contributed by atoms with Crippen LogP contribution in [0.1, 0.15) is 47.9 Å². The predicted octanol–water partition coefficient (Wildman–Crippen LogP) is 3.42. The normalized spacial score (nSPS) is 20.9. The molecule has 0 saturated carbocycles. The number of nitrogens with zero attached hydrogens (tertiary/aromatic N) is 1. The highest BCUT2D eigenvalue weighted by molar-refractivity contribution is 7.99. The number of hydrogen-bond acceptors (Lipinski definition) is 3. The molecule has 0 spiro atoms. The van der Waals surface area contributed by atoms with Gasteiger partial charge in [0, 0.05) is 28.7 Å². The topological polar surface area (TPSA) is 36.1 Å². The molecule has 1 atom stereocenters. The Bertz CT molecular complexity index is 455. The first-order valence-electron chi connectivity index (χ1n) is 7.63. The number of carbonyl (C=O) groups excluding carboxylic acids is 1. The monoisotopic (exact) mass is 294 g/mol. The van der Waals surface area contributed by atoms with Crippen molar-refractivity contribution in [3.05, 3.63) is 23.0 Å². The number of thioether (sulfide) groups is 1. The molecule has 112 valence electrons. The second-order valence-corrected chi connectivity index (χ2v) is 7.30. The van der Waals surface area contributed by atoms with Gasteiger partial charge in [-0.15, -0.1) is 0 Å². The van der Waals surface area contributed by atoms with Crippen LogP contribution < -0.4 is 0 Å². The molecule has 1 N–H and O–H groups in total. The van der Waals surface area contributed by atoms with Crippen LogP contribution in [0.2, 0.25) is 0 Å². The number of aryl methyl sites for hydroxylation is 2. The maximum Gasteiger partial charge on any atom is 0.178 e. The molecule has 2 heterocycles. The summed E-state index contributed by atoms with van der Waals surface area (Å²) in [7, 11) is 0. The lowest BCUT2D eigenvalue weighted by molar-refractivity contribution is 0.0933. The molecule has 0 bridgehead atoms. The molecule has 0 aliphatic carbocycles. The van der Waals surface area contributed by atoms with Crippen molar-refractivity contribution in [2.24, 2.45) is 0 Å². The average Bonchev–Trinajstić information content (AvgIpc) is 2.60. The Labute approximate surface area is 126 Å². The molecule has 1 saturated heterocycles. The van der Waals surface area contributed by atoms with Crippen molar-refractivity contribution < 1.29 is 4.79 Å². The lowest BCUT2D eigenvalue weighted by Crippen LogP contribution is -2.34. The van der Waals surface area contributed by atoms with E-state index in [-0.39, 0.29) is 5.78 Å². The van der Waals surface area contributed by atoms with Gasteiger partial charge in [0.15, 0.2) is 5.78 Å². The molecule has 0 radical (unpaired) electrons. The van der Waals surface area contributed by atoms with E-state index in [1.165, 1.54) is 25.0 Å². The Morgan fingerprint density at radius 2 is 2.25 bits per heavy atom. The smallest absolute Gasteiger partial charge is 0.178 e. The minimum Gasteiger partial charge on any atom is -0.362 e. The first kappa shape index (κ1) is 15.6. The molecule has 4 heteroatoms. The highest BCUT2D eigenvalue weighted by Gasteiger charge is 2.21. The predicted molar refractivity (Wildman–Crippen MR) is 86.8 cm³/mol. The molecular weight excluding hydrogens is 268 g/mol. The quantitative estimate of drug-likeness (QED) is 0.845. The summed E-state index contributed by atoms with van der Waals surface area (Å²) >= 11 is 2.04. The lowest BCUT2D eigenvalue weighted by atomic mass is 10.1. The van der Waals surface area contributed by atoms with E-state index < -0.39 is 0 Å². The molecule has 1 unspecified atom stereocenters. The van der Waals surface area contributed by atoms with Gasteiger partial charge in [0.1, 0.15) is 0 Å². The van der Waals surface area contributed by atoms with Gasteiger partial charge in [0.25, 0.3) is 0 Å². The summed E-state index contributed by atoms with van der Waals surface area (Å²) in [6.07, 6.45) is 3.81. The van der Waals surface area contributed by atoms with E-state index in [1.54, 1.807) is 0 Å². The summed E-state index contributed by atoms with van der Waals surface area (Å²) in [4.78, 5) is 18.0. The summed E-state index contributed by atoms with van der Waals surface area (Å²) in [6, 6.07) is 1.98. The Balaban J connectivity index is 1.97. The standard InChI is InChI=1S/C16H26N2OS/c1-4-20-14-7-5-6-8-18(10-14)11-16(19)15-9-12(2)17-13(15)3/h9,14,17H,4-8,10-11H2,1-3H3. The van der Waals surface area contributed by atoms with Gasteiger partial charge >= 0.3 is 0 Å². The van der Waals surface area contributed by atoms with E-state index in [1.807, 2.05) is 31.7 Å². The van der Waals surface area contributed by atoms with Crippen molar-refractivity contribution in [1.82, 2.24) is 9.88 Å². The van der Waals surface area contributed by atoms with Gasteiger partial charge in [-0.1, -0.05) is 13.3 Å². The Morgan fingerprint density at radius 3 is 2.90 bits per heavy atom. The van der Waals surface area contributed by atoms with Crippen LogP contribution in [-0.2, 0) is 0 Å². The number of rotatable bonds is 5. The van der Waals surface area contributed by atoms with Gasteiger partial charge in [-0.3, -0.25) is 9.69 Å². The van der Waals surface area contributed by atoms with Crippen LogP contribution in [0.25, 0.3) is 0 Å². The van der Waals surface area contributed by atoms with Gasteiger partial charge in [0.2, 0.25) is 0 Å². The fourth-order valence-electron chi connectivity index (χ4n) is 3.00. The van der Waals surface area contributed by atoms with Crippen molar-refractivity contribution in [3.63, 3.8) is 0 Å². The summed E-state index contributed by atoms with van der Waals surface area (Å²) in [5.74, 6) is 1.43. The lowest BCUT2D eigenvalue weighted by Gasteiger charge is -2.23. The van der Waals surface area contributed by atoms with Crippen LogP contribution in [0.15, 0.2) is 6.07 Å². The summed E-state index contributed by atoms with van der Waals surface area (Å²) in [6.45, 7) is 8.90. The zero-order valence-electron chi connectivity index (χ0n) is 12.9. The molecule has 1 aromatic heterocycles. The van der Waals surface area contributed by atoms with Crippen molar-refractivity contribution >= 4 is 17.5 Å².